The van der Waals surface area contributed by atoms with Gasteiger partial charge in [-0.2, -0.15) is 5.10 Å². The van der Waals surface area contributed by atoms with Gasteiger partial charge in [-0.15, -0.1) is 6.58 Å². The lowest BCUT2D eigenvalue weighted by Gasteiger charge is -2.33. The van der Waals surface area contributed by atoms with Crippen LogP contribution in [0.3, 0.4) is 0 Å². The quantitative estimate of drug-likeness (QED) is 0.386. The first-order valence-corrected chi connectivity index (χ1v) is 11.7. The summed E-state index contributed by atoms with van der Waals surface area (Å²) in [5.74, 6) is 0.806. The Kier molecular flexibility index (Phi) is 7.72. The van der Waals surface area contributed by atoms with Crippen molar-refractivity contribution in [1.29, 1.82) is 0 Å². The van der Waals surface area contributed by atoms with Gasteiger partial charge in [0.2, 0.25) is 5.91 Å². The normalized spacial score (nSPS) is 14.8. The number of piperazine rings is 1. The Morgan fingerprint density at radius 1 is 1.06 bits per heavy atom. The van der Waals surface area contributed by atoms with Gasteiger partial charge in [0, 0.05) is 49.0 Å². The molecule has 0 spiro atoms. The van der Waals surface area contributed by atoms with Gasteiger partial charge < -0.3 is 5.32 Å². The number of benzene rings is 2. The fourth-order valence-electron chi connectivity index (χ4n) is 3.84. The van der Waals surface area contributed by atoms with Gasteiger partial charge in [-0.3, -0.25) is 19.2 Å². The first-order chi connectivity index (χ1) is 16.0. The lowest BCUT2D eigenvalue weighted by atomic mass is 10.2. The Hall–Kier alpha value is -2.78. The Morgan fingerprint density at radius 3 is 2.39 bits per heavy atom. The van der Waals surface area contributed by atoms with Gasteiger partial charge in [0.05, 0.1) is 13.2 Å². The monoisotopic (exact) mass is 482 g/mol. The summed E-state index contributed by atoms with van der Waals surface area (Å²) < 4.78 is 4.50. The zero-order valence-electron chi connectivity index (χ0n) is 18.4. The number of hydrogen-bond acceptors (Lipinski definition) is 5. The summed E-state index contributed by atoms with van der Waals surface area (Å²) in [4.78, 5) is 16.8. The summed E-state index contributed by atoms with van der Waals surface area (Å²) in [6.07, 6.45) is 1.82. The standard InChI is InChI=1S/C24H27ClN6OS/c1-2-12-30-23(19-8-10-20(25)11-9-19)27-31(24(30)33)18-29-15-13-28(14-16-29)17-22(32)26-21-6-4-3-5-7-21/h2-11H,1,12-18H2,(H,26,32). The van der Waals surface area contributed by atoms with E-state index in [0.717, 1.165) is 43.3 Å². The molecule has 1 amide bonds. The molecule has 1 N–H and O–H groups in total. The van der Waals surface area contributed by atoms with E-state index >= 15 is 0 Å². The van der Waals surface area contributed by atoms with E-state index in [0.29, 0.717) is 29.6 Å². The number of amides is 1. The van der Waals surface area contributed by atoms with Crippen molar-refractivity contribution in [3.05, 3.63) is 77.0 Å². The largest absolute Gasteiger partial charge is 0.325 e. The lowest BCUT2D eigenvalue weighted by Crippen LogP contribution is -2.49. The molecule has 7 nitrogen and oxygen atoms in total. The summed E-state index contributed by atoms with van der Waals surface area (Å²) in [6.45, 7) is 8.73. The summed E-state index contributed by atoms with van der Waals surface area (Å²) in [6, 6.07) is 17.1. The zero-order valence-corrected chi connectivity index (χ0v) is 19.9. The average molecular weight is 483 g/mol. The number of halogens is 1. The molecule has 0 saturated carbocycles. The van der Waals surface area contributed by atoms with Crippen molar-refractivity contribution in [3.63, 3.8) is 0 Å². The molecule has 1 aromatic heterocycles. The van der Waals surface area contributed by atoms with Gasteiger partial charge in [0.15, 0.2) is 10.6 Å². The van der Waals surface area contributed by atoms with Crippen molar-refractivity contribution in [3.8, 4) is 11.4 Å². The third-order valence-electron chi connectivity index (χ3n) is 5.56. The second-order valence-electron chi connectivity index (χ2n) is 7.96. The van der Waals surface area contributed by atoms with Crippen LogP contribution in [0.2, 0.25) is 5.02 Å². The van der Waals surface area contributed by atoms with E-state index in [1.807, 2.05) is 69.9 Å². The van der Waals surface area contributed by atoms with Crippen molar-refractivity contribution in [2.24, 2.45) is 0 Å². The number of rotatable bonds is 8. The van der Waals surface area contributed by atoms with Crippen molar-refractivity contribution in [2.75, 3.05) is 38.0 Å². The highest BCUT2D eigenvalue weighted by atomic mass is 35.5. The third kappa shape index (κ3) is 5.97. The minimum atomic E-state index is 0.00708. The Bertz CT molecular complexity index is 1150. The molecule has 1 aliphatic heterocycles. The molecule has 172 valence electrons. The topological polar surface area (TPSA) is 58.3 Å². The predicted octanol–water partition coefficient (Wildman–Crippen LogP) is 4.13. The maximum Gasteiger partial charge on any atom is 0.238 e. The molecule has 2 aromatic carbocycles. The van der Waals surface area contributed by atoms with Crippen LogP contribution in [0.15, 0.2) is 67.3 Å². The van der Waals surface area contributed by atoms with Crippen molar-refractivity contribution < 1.29 is 4.79 Å². The number of carbonyl (C=O) groups is 1. The Balaban J connectivity index is 1.36. The molecule has 0 bridgehead atoms. The number of nitrogens with one attached hydrogen (secondary N) is 1. The molecule has 9 heteroatoms. The van der Waals surface area contributed by atoms with E-state index in [4.69, 9.17) is 28.9 Å². The van der Waals surface area contributed by atoms with Crippen molar-refractivity contribution in [2.45, 2.75) is 13.2 Å². The smallest absolute Gasteiger partial charge is 0.238 e. The second kappa shape index (κ2) is 10.9. The van der Waals surface area contributed by atoms with Crippen molar-refractivity contribution in [1.82, 2.24) is 24.1 Å². The number of hydrogen-bond donors (Lipinski definition) is 1. The SMILES string of the molecule is C=CCn1c(-c2ccc(Cl)cc2)nn(CN2CCN(CC(=O)Nc3ccccc3)CC2)c1=S. The van der Waals surface area contributed by atoms with Crippen LogP contribution in [0, 0.1) is 4.77 Å². The van der Waals surface area contributed by atoms with Crippen LogP contribution in [0.1, 0.15) is 0 Å². The molecule has 0 unspecified atom stereocenters. The van der Waals surface area contributed by atoms with Crippen LogP contribution in [0.5, 0.6) is 0 Å². The van der Waals surface area contributed by atoms with Crippen LogP contribution in [-0.2, 0) is 18.0 Å². The van der Waals surface area contributed by atoms with Crippen LogP contribution in [0.4, 0.5) is 5.69 Å². The van der Waals surface area contributed by atoms with E-state index in [1.54, 1.807) is 0 Å². The number of nitrogens with zero attached hydrogens (tertiary/aromatic N) is 5. The molecule has 0 radical (unpaired) electrons. The Labute approximate surface area is 203 Å². The lowest BCUT2D eigenvalue weighted by molar-refractivity contribution is -0.117. The molecule has 1 fully saturated rings. The molecule has 1 aliphatic rings. The van der Waals surface area contributed by atoms with E-state index in [1.165, 1.54) is 0 Å². The van der Waals surface area contributed by atoms with E-state index in [2.05, 4.69) is 21.7 Å². The van der Waals surface area contributed by atoms with Gasteiger partial charge in [-0.25, -0.2) is 4.68 Å². The highest BCUT2D eigenvalue weighted by Gasteiger charge is 2.21. The summed E-state index contributed by atoms with van der Waals surface area (Å²) in [5, 5.41) is 8.43. The fraction of sp³-hybridized carbons (Fsp3) is 0.292. The van der Waals surface area contributed by atoms with Gasteiger partial charge in [-0.1, -0.05) is 35.9 Å². The van der Waals surface area contributed by atoms with Gasteiger partial charge in [0.1, 0.15) is 0 Å². The van der Waals surface area contributed by atoms with E-state index < -0.39 is 0 Å². The Morgan fingerprint density at radius 2 is 1.73 bits per heavy atom. The number of anilines is 1. The van der Waals surface area contributed by atoms with Gasteiger partial charge in [-0.05, 0) is 48.6 Å². The van der Waals surface area contributed by atoms with Crippen LogP contribution in [0.25, 0.3) is 11.4 Å². The van der Waals surface area contributed by atoms with E-state index in [-0.39, 0.29) is 5.91 Å². The van der Waals surface area contributed by atoms with Crippen LogP contribution < -0.4 is 5.32 Å². The first-order valence-electron chi connectivity index (χ1n) is 10.9. The predicted molar refractivity (Wildman–Crippen MR) is 135 cm³/mol. The van der Waals surface area contributed by atoms with Crippen LogP contribution in [-0.4, -0.2) is 62.8 Å². The molecule has 33 heavy (non-hydrogen) atoms. The summed E-state index contributed by atoms with van der Waals surface area (Å²) in [7, 11) is 0. The molecule has 0 aliphatic carbocycles. The molecular formula is C24H27ClN6OS. The first kappa shape index (κ1) is 23.4. The molecular weight excluding hydrogens is 456 g/mol. The minimum Gasteiger partial charge on any atom is -0.325 e. The second-order valence-corrected chi connectivity index (χ2v) is 8.76. The molecule has 0 atom stereocenters. The van der Waals surface area contributed by atoms with Gasteiger partial charge >= 0.3 is 0 Å². The molecule has 2 heterocycles. The number of para-hydroxylation sites is 1. The van der Waals surface area contributed by atoms with Crippen molar-refractivity contribution >= 4 is 35.4 Å². The van der Waals surface area contributed by atoms with E-state index in [9.17, 15) is 4.79 Å². The summed E-state index contributed by atoms with van der Waals surface area (Å²) in [5.41, 5.74) is 1.78. The molecule has 1 saturated heterocycles. The summed E-state index contributed by atoms with van der Waals surface area (Å²) >= 11 is 11.8. The number of allylic oxidation sites excluding steroid dienone is 1. The minimum absolute atomic E-state index is 0.00708. The maximum absolute atomic E-state index is 12.3. The highest BCUT2D eigenvalue weighted by molar-refractivity contribution is 7.71. The molecule has 3 aromatic rings. The van der Waals surface area contributed by atoms with Crippen LogP contribution >= 0.6 is 23.8 Å². The van der Waals surface area contributed by atoms with Gasteiger partial charge in [0.25, 0.3) is 0 Å². The fourth-order valence-corrected chi connectivity index (χ4v) is 4.23. The zero-order chi connectivity index (χ0) is 23.2. The maximum atomic E-state index is 12.3. The highest BCUT2D eigenvalue weighted by Crippen LogP contribution is 2.21. The average Bonchev–Trinajstić information content (AvgIpc) is 3.12. The third-order valence-corrected chi connectivity index (χ3v) is 6.24. The molecule has 4 rings (SSSR count). The number of aromatic nitrogens is 3. The number of carbonyl (C=O) groups excluding carboxylic acids is 1.